The maximum Gasteiger partial charge on any atom is 0.126 e. The third kappa shape index (κ3) is 4.58. The molecule has 0 aromatic carbocycles. The van der Waals surface area contributed by atoms with E-state index >= 15 is 0 Å². The number of rotatable bonds is 6. The summed E-state index contributed by atoms with van der Waals surface area (Å²) in [6.07, 6.45) is 2.97. The zero-order chi connectivity index (χ0) is 10.2. The topological polar surface area (TPSA) is 37.0 Å². The minimum Gasteiger partial charge on any atom is -0.369 e. The first kappa shape index (κ1) is 11.5. The number of nitrogens with zero attached hydrogens (tertiary/aromatic N) is 1. The Morgan fingerprint density at radius 3 is 2.79 bits per heavy atom. The molecule has 3 nitrogen and oxygen atoms in total. The Kier molecular flexibility index (Phi) is 5.56. The summed E-state index contributed by atoms with van der Waals surface area (Å²) in [6, 6.07) is 3.94. The predicted octanol–water partition coefficient (Wildman–Crippen LogP) is 2.26. The lowest BCUT2D eigenvalue weighted by molar-refractivity contribution is 0.687. The molecule has 1 heterocycles. The van der Waals surface area contributed by atoms with Gasteiger partial charge in [0.25, 0.3) is 0 Å². The zero-order valence-electron chi connectivity index (χ0n) is 8.39. The molecule has 4 heteroatoms. The van der Waals surface area contributed by atoms with Crippen LogP contribution in [0.2, 0.25) is 0 Å². The van der Waals surface area contributed by atoms with Crippen molar-refractivity contribution >= 4 is 21.7 Å². The van der Waals surface area contributed by atoms with Crippen LogP contribution in [0.25, 0.3) is 0 Å². The first-order valence-corrected chi connectivity index (χ1v) is 5.68. The van der Waals surface area contributed by atoms with Gasteiger partial charge in [-0.15, -0.1) is 0 Å². The van der Waals surface area contributed by atoms with Gasteiger partial charge in [-0.1, -0.05) is 6.92 Å². The molecule has 1 aromatic heterocycles. The maximum absolute atomic E-state index is 4.21. The van der Waals surface area contributed by atoms with Gasteiger partial charge in [0.1, 0.15) is 5.82 Å². The Morgan fingerprint density at radius 1 is 1.29 bits per heavy atom. The van der Waals surface area contributed by atoms with E-state index in [1.165, 1.54) is 6.42 Å². The third-order valence-corrected chi connectivity index (χ3v) is 2.23. The lowest BCUT2D eigenvalue weighted by Crippen LogP contribution is -2.22. The molecule has 0 amide bonds. The van der Waals surface area contributed by atoms with Gasteiger partial charge in [-0.25, -0.2) is 4.98 Å². The van der Waals surface area contributed by atoms with Crippen molar-refractivity contribution in [3.05, 3.63) is 22.8 Å². The van der Waals surface area contributed by atoms with Gasteiger partial charge in [0, 0.05) is 23.8 Å². The van der Waals surface area contributed by atoms with E-state index in [1.807, 2.05) is 12.1 Å². The van der Waals surface area contributed by atoms with Crippen molar-refractivity contribution < 1.29 is 0 Å². The fourth-order valence-corrected chi connectivity index (χ4v) is 1.30. The van der Waals surface area contributed by atoms with Gasteiger partial charge in [0.05, 0.1) is 0 Å². The van der Waals surface area contributed by atoms with Gasteiger partial charge in [-0.05, 0) is 41.0 Å². The Bertz CT molecular complexity index is 248. The lowest BCUT2D eigenvalue weighted by atomic mass is 10.4. The highest BCUT2D eigenvalue weighted by molar-refractivity contribution is 9.10. The highest BCUT2D eigenvalue weighted by Gasteiger charge is 1.92. The van der Waals surface area contributed by atoms with Crippen LogP contribution in [0.15, 0.2) is 22.8 Å². The summed E-state index contributed by atoms with van der Waals surface area (Å²) < 4.78 is 1.01. The van der Waals surface area contributed by atoms with E-state index in [0.29, 0.717) is 0 Å². The van der Waals surface area contributed by atoms with Gasteiger partial charge < -0.3 is 10.6 Å². The SMILES string of the molecule is CCCNCCNc1ccc(Br)cn1. The first-order valence-electron chi connectivity index (χ1n) is 4.89. The molecule has 0 saturated carbocycles. The van der Waals surface area contributed by atoms with Crippen LogP contribution in [0.4, 0.5) is 5.82 Å². The summed E-state index contributed by atoms with van der Waals surface area (Å²) in [7, 11) is 0. The molecule has 78 valence electrons. The second-order valence-electron chi connectivity index (χ2n) is 3.04. The highest BCUT2D eigenvalue weighted by Crippen LogP contribution is 2.09. The Hall–Kier alpha value is -0.610. The number of pyridine rings is 1. The molecular weight excluding hydrogens is 242 g/mol. The quantitative estimate of drug-likeness (QED) is 0.768. The smallest absolute Gasteiger partial charge is 0.126 e. The number of halogens is 1. The lowest BCUT2D eigenvalue weighted by Gasteiger charge is -2.05. The van der Waals surface area contributed by atoms with E-state index in [4.69, 9.17) is 0 Å². The largest absolute Gasteiger partial charge is 0.369 e. The van der Waals surface area contributed by atoms with Crippen molar-refractivity contribution in [2.24, 2.45) is 0 Å². The van der Waals surface area contributed by atoms with Crippen molar-refractivity contribution in [1.29, 1.82) is 0 Å². The van der Waals surface area contributed by atoms with E-state index in [0.717, 1.165) is 29.9 Å². The molecule has 0 spiro atoms. The van der Waals surface area contributed by atoms with Crippen LogP contribution in [-0.2, 0) is 0 Å². The van der Waals surface area contributed by atoms with Gasteiger partial charge in [0.15, 0.2) is 0 Å². The molecule has 0 aliphatic carbocycles. The Balaban J connectivity index is 2.15. The zero-order valence-corrected chi connectivity index (χ0v) is 9.97. The maximum atomic E-state index is 4.21. The van der Waals surface area contributed by atoms with Crippen molar-refractivity contribution in [2.45, 2.75) is 13.3 Å². The van der Waals surface area contributed by atoms with Crippen LogP contribution in [0.1, 0.15) is 13.3 Å². The molecule has 1 aromatic rings. The molecule has 0 fully saturated rings. The van der Waals surface area contributed by atoms with Crippen molar-refractivity contribution in [3.8, 4) is 0 Å². The van der Waals surface area contributed by atoms with Crippen molar-refractivity contribution in [2.75, 3.05) is 25.0 Å². The van der Waals surface area contributed by atoms with Crippen molar-refractivity contribution in [1.82, 2.24) is 10.3 Å². The summed E-state index contributed by atoms with van der Waals surface area (Å²) in [5, 5.41) is 6.55. The molecule has 14 heavy (non-hydrogen) atoms. The Labute approximate surface area is 93.4 Å². The van der Waals surface area contributed by atoms with Crippen LogP contribution in [0.5, 0.6) is 0 Å². The van der Waals surface area contributed by atoms with Crippen LogP contribution >= 0.6 is 15.9 Å². The van der Waals surface area contributed by atoms with Crippen LogP contribution < -0.4 is 10.6 Å². The monoisotopic (exact) mass is 257 g/mol. The minimum absolute atomic E-state index is 0.911. The number of anilines is 1. The van der Waals surface area contributed by atoms with Crippen molar-refractivity contribution in [3.63, 3.8) is 0 Å². The van der Waals surface area contributed by atoms with Gasteiger partial charge >= 0.3 is 0 Å². The van der Waals surface area contributed by atoms with E-state index in [2.05, 4.69) is 38.5 Å². The van der Waals surface area contributed by atoms with Crippen LogP contribution in [-0.4, -0.2) is 24.6 Å². The number of aromatic nitrogens is 1. The summed E-state index contributed by atoms with van der Waals surface area (Å²) in [5.41, 5.74) is 0. The molecule has 0 aliphatic heterocycles. The van der Waals surface area contributed by atoms with E-state index in [-0.39, 0.29) is 0 Å². The van der Waals surface area contributed by atoms with Crippen LogP contribution in [0.3, 0.4) is 0 Å². The fourth-order valence-electron chi connectivity index (χ4n) is 1.06. The molecule has 0 bridgehead atoms. The summed E-state index contributed by atoms with van der Waals surface area (Å²) in [4.78, 5) is 4.21. The molecule has 0 radical (unpaired) electrons. The van der Waals surface area contributed by atoms with E-state index in [9.17, 15) is 0 Å². The third-order valence-electron chi connectivity index (χ3n) is 1.76. The predicted molar refractivity (Wildman–Crippen MR) is 63.6 cm³/mol. The second kappa shape index (κ2) is 6.79. The fraction of sp³-hybridized carbons (Fsp3) is 0.500. The number of hydrogen-bond donors (Lipinski definition) is 2. The minimum atomic E-state index is 0.911. The standard InChI is InChI=1S/C10H16BrN3/c1-2-5-12-6-7-13-10-4-3-9(11)8-14-10/h3-4,8,12H,2,5-7H2,1H3,(H,13,14). The number of nitrogens with one attached hydrogen (secondary N) is 2. The summed E-state index contributed by atoms with van der Waals surface area (Å²) >= 11 is 3.35. The van der Waals surface area contributed by atoms with Gasteiger partial charge in [0.2, 0.25) is 0 Å². The molecular formula is C10H16BrN3. The molecule has 0 saturated heterocycles. The molecule has 1 rings (SSSR count). The molecule has 0 atom stereocenters. The first-order chi connectivity index (χ1) is 6.83. The van der Waals surface area contributed by atoms with E-state index < -0.39 is 0 Å². The normalized spacial score (nSPS) is 10.1. The van der Waals surface area contributed by atoms with Crippen LogP contribution in [0, 0.1) is 0 Å². The Morgan fingerprint density at radius 2 is 2.14 bits per heavy atom. The van der Waals surface area contributed by atoms with Gasteiger partial charge in [-0.2, -0.15) is 0 Å². The number of hydrogen-bond acceptors (Lipinski definition) is 3. The second-order valence-corrected chi connectivity index (χ2v) is 3.95. The molecule has 0 aliphatic rings. The van der Waals surface area contributed by atoms with E-state index in [1.54, 1.807) is 6.20 Å². The highest BCUT2D eigenvalue weighted by atomic mass is 79.9. The average Bonchev–Trinajstić information content (AvgIpc) is 2.21. The summed E-state index contributed by atoms with van der Waals surface area (Å²) in [5.74, 6) is 0.923. The van der Waals surface area contributed by atoms with Gasteiger partial charge in [-0.3, -0.25) is 0 Å². The average molecular weight is 258 g/mol. The molecule has 0 unspecified atom stereocenters. The molecule has 2 N–H and O–H groups in total. The summed E-state index contributed by atoms with van der Waals surface area (Å²) in [6.45, 7) is 5.13.